The van der Waals surface area contributed by atoms with Crippen LogP contribution in [0, 0.1) is 16.7 Å². The second-order valence-corrected chi connectivity index (χ2v) is 6.26. The van der Waals surface area contributed by atoms with Gasteiger partial charge in [0.2, 0.25) is 0 Å². The summed E-state index contributed by atoms with van der Waals surface area (Å²) in [5.74, 6) is 1.20. The van der Waals surface area contributed by atoms with E-state index in [4.69, 9.17) is 11.0 Å². The van der Waals surface area contributed by atoms with Gasteiger partial charge in [-0.15, -0.1) is 0 Å². The van der Waals surface area contributed by atoms with E-state index in [-0.39, 0.29) is 5.41 Å². The lowest BCUT2D eigenvalue weighted by molar-refractivity contribution is 0.433. The van der Waals surface area contributed by atoms with Crippen LogP contribution in [0.2, 0.25) is 0 Å². The molecule has 0 aliphatic carbocycles. The zero-order valence-corrected chi connectivity index (χ0v) is 11.1. The first kappa shape index (κ1) is 14.8. The van der Waals surface area contributed by atoms with Gasteiger partial charge in [-0.05, 0) is 45.4 Å². The molecule has 0 aromatic heterocycles. The zero-order chi connectivity index (χ0) is 11.7. The average molecular weight is 228 g/mol. The van der Waals surface area contributed by atoms with Crippen molar-refractivity contribution in [3.63, 3.8) is 0 Å². The van der Waals surface area contributed by atoms with Crippen molar-refractivity contribution in [2.45, 2.75) is 51.7 Å². The predicted molar refractivity (Wildman–Crippen MR) is 68.8 cm³/mol. The molecule has 1 unspecified atom stereocenters. The number of hydrogen-bond acceptors (Lipinski definition) is 3. The molecule has 0 aromatic carbocycles. The number of thioether (sulfide) groups is 1. The molecule has 0 saturated heterocycles. The van der Waals surface area contributed by atoms with E-state index < -0.39 is 0 Å². The van der Waals surface area contributed by atoms with Gasteiger partial charge >= 0.3 is 0 Å². The fraction of sp³-hybridized carbons (Fsp3) is 0.917. The zero-order valence-electron chi connectivity index (χ0n) is 10.3. The van der Waals surface area contributed by atoms with E-state index in [1.54, 1.807) is 0 Å². The van der Waals surface area contributed by atoms with Crippen LogP contribution in [0.15, 0.2) is 0 Å². The Balaban J connectivity index is 3.37. The van der Waals surface area contributed by atoms with Gasteiger partial charge in [-0.1, -0.05) is 13.3 Å². The second kappa shape index (κ2) is 8.01. The van der Waals surface area contributed by atoms with Crippen molar-refractivity contribution in [2.24, 2.45) is 11.1 Å². The van der Waals surface area contributed by atoms with Crippen LogP contribution in [-0.4, -0.2) is 17.5 Å². The Morgan fingerprint density at radius 3 is 2.60 bits per heavy atom. The Bertz CT molecular complexity index is 196. The molecule has 0 fully saturated rings. The summed E-state index contributed by atoms with van der Waals surface area (Å²) in [4.78, 5) is 0. The Kier molecular flexibility index (Phi) is 7.90. The molecule has 0 aromatic rings. The number of nitriles is 1. The molecule has 88 valence electrons. The maximum atomic E-state index is 8.84. The summed E-state index contributed by atoms with van der Waals surface area (Å²) in [5, 5.41) is 9.52. The van der Waals surface area contributed by atoms with E-state index in [1.807, 2.05) is 25.6 Å². The molecular formula is C12H24N2S. The Labute approximate surface area is 98.6 Å². The van der Waals surface area contributed by atoms with Gasteiger partial charge in [0.25, 0.3) is 0 Å². The van der Waals surface area contributed by atoms with Crippen LogP contribution in [0.4, 0.5) is 0 Å². The number of unbranched alkanes of at least 4 members (excludes halogenated alkanes) is 1. The number of hydrogen-bond donors (Lipinski definition) is 1. The Hall–Kier alpha value is -0.200. The van der Waals surface area contributed by atoms with Crippen LogP contribution < -0.4 is 5.73 Å². The van der Waals surface area contributed by atoms with Gasteiger partial charge in [-0.25, -0.2) is 0 Å². The third-order valence-corrected chi connectivity index (χ3v) is 3.80. The van der Waals surface area contributed by atoms with E-state index in [9.17, 15) is 0 Å². The summed E-state index contributed by atoms with van der Waals surface area (Å²) < 4.78 is 0. The van der Waals surface area contributed by atoms with E-state index >= 15 is 0 Å². The summed E-state index contributed by atoms with van der Waals surface area (Å²) in [6, 6.07) is 2.34. The van der Waals surface area contributed by atoms with E-state index in [0.29, 0.717) is 5.25 Å². The molecule has 0 aliphatic heterocycles. The van der Waals surface area contributed by atoms with E-state index in [0.717, 1.165) is 25.8 Å². The van der Waals surface area contributed by atoms with E-state index in [2.05, 4.69) is 13.0 Å². The van der Waals surface area contributed by atoms with Gasteiger partial charge in [-0.3, -0.25) is 0 Å². The fourth-order valence-electron chi connectivity index (χ4n) is 1.33. The van der Waals surface area contributed by atoms with Gasteiger partial charge in [0.05, 0.1) is 11.5 Å². The molecule has 0 radical (unpaired) electrons. The molecule has 2 nitrogen and oxygen atoms in total. The molecule has 1 atom stereocenters. The predicted octanol–water partition coefficient (Wildman–Crippen LogP) is 3.18. The SMILES string of the molecule is CC(CCN)SCCCCC(C)(C)C#N. The lowest BCUT2D eigenvalue weighted by atomic mass is 9.89. The van der Waals surface area contributed by atoms with Crippen LogP contribution in [0.5, 0.6) is 0 Å². The van der Waals surface area contributed by atoms with Crippen LogP contribution >= 0.6 is 11.8 Å². The number of nitrogens with two attached hydrogens (primary N) is 1. The van der Waals surface area contributed by atoms with Crippen molar-refractivity contribution in [3.8, 4) is 6.07 Å². The molecule has 3 heteroatoms. The van der Waals surface area contributed by atoms with Crippen LogP contribution in [0.25, 0.3) is 0 Å². The summed E-state index contributed by atoms with van der Waals surface area (Å²) in [6.45, 7) is 7.04. The molecule has 0 rings (SSSR count). The van der Waals surface area contributed by atoms with Crippen molar-refractivity contribution in [1.82, 2.24) is 0 Å². The van der Waals surface area contributed by atoms with Crippen molar-refractivity contribution in [3.05, 3.63) is 0 Å². The standard InChI is InChI=1S/C12H24N2S/c1-11(6-8-13)15-9-5-4-7-12(2,3)10-14/h11H,4-9,13H2,1-3H3. The van der Waals surface area contributed by atoms with Crippen LogP contribution in [0.3, 0.4) is 0 Å². The molecule has 0 saturated carbocycles. The molecule has 0 bridgehead atoms. The van der Waals surface area contributed by atoms with Crippen LogP contribution in [0.1, 0.15) is 46.5 Å². The maximum absolute atomic E-state index is 8.84. The smallest absolute Gasteiger partial charge is 0.0683 e. The molecule has 15 heavy (non-hydrogen) atoms. The molecule has 2 N–H and O–H groups in total. The largest absolute Gasteiger partial charge is 0.330 e. The first-order valence-electron chi connectivity index (χ1n) is 5.75. The Morgan fingerprint density at radius 1 is 1.40 bits per heavy atom. The topological polar surface area (TPSA) is 49.8 Å². The lowest BCUT2D eigenvalue weighted by Crippen LogP contribution is -2.09. The summed E-state index contributed by atoms with van der Waals surface area (Å²) >= 11 is 2.00. The number of rotatable bonds is 8. The minimum atomic E-state index is -0.145. The van der Waals surface area contributed by atoms with Gasteiger partial charge in [0.15, 0.2) is 0 Å². The number of nitrogens with zero attached hydrogens (tertiary/aromatic N) is 1. The highest BCUT2D eigenvalue weighted by atomic mass is 32.2. The Morgan fingerprint density at radius 2 is 2.07 bits per heavy atom. The third kappa shape index (κ3) is 8.77. The summed E-state index contributed by atoms with van der Waals surface area (Å²) in [7, 11) is 0. The molecule has 0 aliphatic rings. The average Bonchev–Trinajstić information content (AvgIpc) is 2.17. The van der Waals surface area contributed by atoms with Crippen molar-refractivity contribution in [2.75, 3.05) is 12.3 Å². The van der Waals surface area contributed by atoms with Gasteiger partial charge in [0, 0.05) is 5.25 Å². The quantitative estimate of drug-likeness (QED) is 0.649. The maximum Gasteiger partial charge on any atom is 0.0683 e. The van der Waals surface area contributed by atoms with Crippen molar-refractivity contribution < 1.29 is 0 Å². The van der Waals surface area contributed by atoms with Crippen LogP contribution in [-0.2, 0) is 0 Å². The van der Waals surface area contributed by atoms with E-state index in [1.165, 1.54) is 12.2 Å². The first-order valence-corrected chi connectivity index (χ1v) is 6.79. The van der Waals surface area contributed by atoms with Gasteiger partial charge < -0.3 is 5.73 Å². The van der Waals surface area contributed by atoms with Gasteiger partial charge in [0.1, 0.15) is 0 Å². The molecule has 0 heterocycles. The highest BCUT2D eigenvalue weighted by Crippen LogP contribution is 2.23. The van der Waals surface area contributed by atoms with Crippen molar-refractivity contribution >= 4 is 11.8 Å². The minimum absolute atomic E-state index is 0.145. The molecular weight excluding hydrogens is 204 g/mol. The minimum Gasteiger partial charge on any atom is -0.330 e. The second-order valence-electron chi connectivity index (χ2n) is 4.71. The fourth-order valence-corrected chi connectivity index (χ4v) is 2.40. The normalized spacial score (nSPS) is 13.5. The summed E-state index contributed by atoms with van der Waals surface area (Å²) in [6.07, 6.45) is 4.48. The molecule has 0 amide bonds. The lowest BCUT2D eigenvalue weighted by Gasteiger charge is -2.14. The van der Waals surface area contributed by atoms with Gasteiger partial charge in [-0.2, -0.15) is 17.0 Å². The highest BCUT2D eigenvalue weighted by molar-refractivity contribution is 7.99. The first-order chi connectivity index (χ1) is 7.02. The highest BCUT2D eigenvalue weighted by Gasteiger charge is 2.15. The third-order valence-electron chi connectivity index (χ3n) is 2.47. The molecule has 0 spiro atoms. The summed E-state index contributed by atoms with van der Waals surface area (Å²) in [5.41, 5.74) is 5.34. The monoisotopic (exact) mass is 228 g/mol. The van der Waals surface area contributed by atoms with Crippen molar-refractivity contribution in [1.29, 1.82) is 5.26 Å².